The highest BCUT2D eigenvalue weighted by atomic mass is 79.9. The quantitative estimate of drug-likeness (QED) is 0.829. The Hall–Kier alpha value is -0.0900. The fourth-order valence-electron chi connectivity index (χ4n) is 1.79. The third kappa shape index (κ3) is 5.70. The van der Waals surface area contributed by atoms with Crippen LogP contribution in [0.4, 0.5) is 0 Å². The zero-order valence-electron chi connectivity index (χ0n) is 11.1. The maximum Gasteiger partial charge on any atom is 0.0672 e. The van der Waals surface area contributed by atoms with Crippen LogP contribution < -0.4 is 5.32 Å². The molecule has 0 radical (unpaired) electrons. The van der Waals surface area contributed by atoms with Crippen molar-refractivity contribution >= 4 is 27.5 Å². The summed E-state index contributed by atoms with van der Waals surface area (Å²) in [5.41, 5.74) is 0.244. The molecule has 2 N–H and O–H groups in total. The highest BCUT2D eigenvalue weighted by Crippen LogP contribution is 2.26. The van der Waals surface area contributed by atoms with Crippen LogP contribution in [-0.4, -0.2) is 23.3 Å². The molecular formula is C14H21BrClNO. The Bertz CT molecular complexity index is 393. The Balaban J connectivity index is 2.58. The van der Waals surface area contributed by atoms with Crippen LogP contribution in [0.1, 0.15) is 32.8 Å². The summed E-state index contributed by atoms with van der Waals surface area (Å²) in [4.78, 5) is 0. The summed E-state index contributed by atoms with van der Waals surface area (Å²) >= 11 is 9.54. The van der Waals surface area contributed by atoms with Crippen molar-refractivity contribution in [1.29, 1.82) is 0 Å². The summed E-state index contributed by atoms with van der Waals surface area (Å²) in [6.07, 6.45) is 1.27. The van der Waals surface area contributed by atoms with Gasteiger partial charge in [-0.25, -0.2) is 0 Å². The molecule has 0 amide bonds. The van der Waals surface area contributed by atoms with Gasteiger partial charge in [0.15, 0.2) is 0 Å². The number of benzene rings is 1. The molecule has 0 heterocycles. The fraction of sp³-hybridized carbons (Fsp3) is 0.571. The molecule has 0 saturated carbocycles. The minimum absolute atomic E-state index is 0.442. The van der Waals surface area contributed by atoms with E-state index in [0.29, 0.717) is 23.9 Å². The third-order valence-electron chi connectivity index (χ3n) is 2.80. The summed E-state index contributed by atoms with van der Waals surface area (Å²) in [7, 11) is 0. The topological polar surface area (TPSA) is 32.3 Å². The summed E-state index contributed by atoms with van der Waals surface area (Å²) in [5.74, 6) is 0. The van der Waals surface area contributed by atoms with Gasteiger partial charge in [0.05, 0.1) is 5.60 Å². The molecule has 2 nitrogen and oxygen atoms in total. The normalized spacial score (nSPS) is 14.8. The Kier molecular flexibility index (Phi) is 6.12. The molecule has 102 valence electrons. The van der Waals surface area contributed by atoms with E-state index in [1.165, 1.54) is 0 Å². The maximum absolute atomic E-state index is 10.4. The molecule has 0 aliphatic carbocycles. The predicted molar refractivity (Wildman–Crippen MR) is 81.2 cm³/mol. The number of halogens is 2. The molecular weight excluding hydrogens is 314 g/mol. The van der Waals surface area contributed by atoms with Crippen LogP contribution in [0.25, 0.3) is 0 Å². The summed E-state index contributed by atoms with van der Waals surface area (Å²) in [6.45, 7) is 6.85. The number of aliphatic hydroxyl groups is 1. The van der Waals surface area contributed by atoms with Gasteiger partial charge in [-0.1, -0.05) is 47.4 Å². The van der Waals surface area contributed by atoms with E-state index in [-0.39, 0.29) is 0 Å². The average molecular weight is 335 g/mol. The fourth-order valence-corrected chi connectivity index (χ4v) is 2.53. The monoisotopic (exact) mass is 333 g/mol. The Labute approximate surface area is 123 Å². The van der Waals surface area contributed by atoms with Gasteiger partial charge in [-0.15, -0.1) is 0 Å². The van der Waals surface area contributed by atoms with Crippen LogP contribution >= 0.6 is 27.5 Å². The molecule has 1 atom stereocenters. The molecule has 1 aromatic carbocycles. The lowest BCUT2D eigenvalue weighted by Gasteiger charge is -2.24. The first-order valence-electron chi connectivity index (χ1n) is 6.20. The number of nitrogens with one attached hydrogen (secondary N) is 1. The second kappa shape index (κ2) is 6.90. The zero-order valence-corrected chi connectivity index (χ0v) is 13.5. The first kappa shape index (κ1) is 16.0. The van der Waals surface area contributed by atoms with Gasteiger partial charge in [0.1, 0.15) is 0 Å². The van der Waals surface area contributed by atoms with Crippen molar-refractivity contribution in [1.82, 2.24) is 5.32 Å². The first-order valence-corrected chi connectivity index (χ1v) is 7.37. The van der Waals surface area contributed by atoms with Crippen molar-refractivity contribution in [2.45, 2.75) is 45.3 Å². The van der Waals surface area contributed by atoms with E-state index >= 15 is 0 Å². The molecule has 0 aliphatic heterocycles. The molecule has 1 unspecified atom stereocenters. The lowest BCUT2D eigenvalue weighted by atomic mass is 9.93. The largest absolute Gasteiger partial charge is 0.390 e. The molecule has 1 aromatic rings. The van der Waals surface area contributed by atoms with Gasteiger partial charge in [-0.05, 0) is 37.6 Å². The first-order chi connectivity index (χ1) is 8.30. The molecule has 0 aliphatic rings. The number of hydrogen-bond acceptors (Lipinski definition) is 2. The van der Waals surface area contributed by atoms with Gasteiger partial charge in [0, 0.05) is 22.0 Å². The van der Waals surface area contributed by atoms with Gasteiger partial charge in [-0.2, -0.15) is 0 Å². The predicted octanol–water partition coefficient (Wildman–Crippen LogP) is 3.78. The SMILES string of the molecule is CC(C)NCCC(C)(O)Cc1ccc(Br)cc1Cl. The number of rotatable bonds is 6. The average Bonchev–Trinajstić information content (AvgIpc) is 2.21. The Morgan fingerprint density at radius 2 is 2.11 bits per heavy atom. The minimum Gasteiger partial charge on any atom is -0.390 e. The summed E-state index contributed by atoms with van der Waals surface area (Å²) in [6, 6.07) is 6.21. The van der Waals surface area contributed by atoms with Crippen LogP contribution in [0.5, 0.6) is 0 Å². The highest BCUT2D eigenvalue weighted by molar-refractivity contribution is 9.10. The van der Waals surface area contributed by atoms with Crippen molar-refractivity contribution in [3.63, 3.8) is 0 Å². The van der Waals surface area contributed by atoms with Crippen LogP contribution in [0.2, 0.25) is 5.02 Å². The molecule has 0 saturated heterocycles. The molecule has 1 rings (SSSR count). The van der Waals surface area contributed by atoms with Gasteiger partial charge >= 0.3 is 0 Å². The molecule has 0 bridgehead atoms. The Morgan fingerprint density at radius 3 is 2.67 bits per heavy atom. The smallest absolute Gasteiger partial charge is 0.0672 e. The van der Waals surface area contributed by atoms with E-state index in [4.69, 9.17) is 11.6 Å². The lowest BCUT2D eigenvalue weighted by molar-refractivity contribution is 0.0511. The summed E-state index contributed by atoms with van der Waals surface area (Å²) in [5, 5.41) is 14.4. The van der Waals surface area contributed by atoms with E-state index in [1.54, 1.807) is 0 Å². The lowest BCUT2D eigenvalue weighted by Crippen LogP contribution is -2.34. The number of hydrogen-bond donors (Lipinski definition) is 2. The van der Waals surface area contributed by atoms with E-state index in [9.17, 15) is 5.11 Å². The minimum atomic E-state index is -0.737. The van der Waals surface area contributed by atoms with E-state index in [1.807, 2.05) is 25.1 Å². The molecule has 0 spiro atoms. The van der Waals surface area contributed by atoms with Crippen LogP contribution in [0, 0.1) is 0 Å². The second-order valence-corrected chi connectivity index (χ2v) is 6.59. The standard InChI is InChI=1S/C14H21BrClNO/c1-10(2)17-7-6-14(3,18)9-11-4-5-12(15)8-13(11)16/h4-5,8,10,17-18H,6-7,9H2,1-3H3. The van der Waals surface area contributed by atoms with Gasteiger partial charge in [-0.3, -0.25) is 0 Å². The van der Waals surface area contributed by atoms with Crippen LogP contribution in [0.15, 0.2) is 22.7 Å². The molecule has 0 aromatic heterocycles. The van der Waals surface area contributed by atoms with E-state index < -0.39 is 5.60 Å². The highest BCUT2D eigenvalue weighted by Gasteiger charge is 2.21. The maximum atomic E-state index is 10.4. The van der Waals surface area contributed by atoms with Crippen molar-refractivity contribution in [3.05, 3.63) is 33.3 Å². The molecule has 0 fully saturated rings. The van der Waals surface area contributed by atoms with Gasteiger partial charge < -0.3 is 10.4 Å². The van der Waals surface area contributed by atoms with Crippen molar-refractivity contribution < 1.29 is 5.11 Å². The van der Waals surface area contributed by atoms with Crippen LogP contribution in [-0.2, 0) is 6.42 Å². The molecule has 4 heteroatoms. The zero-order chi connectivity index (χ0) is 13.8. The van der Waals surface area contributed by atoms with Gasteiger partial charge in [0.2, 0.25) is 0 Å². The van der Waals surface area contributed by atoms with Crippen molar-refractivity contribution in [2.24, 2.45) is 0 Å². The van der Waals surface area contributed by atoms with Crippen molar-refractivity contribution in [3.8, 4) is 0 Å². The van der Waals surface area contributed by atoms with Gasteiger partial charge in [0.25, 0.3) is 0 Å². The summed E-state index contributed by atoms with van der Waals surface area (Å²) < 4.78 is 0.956. The van der Waals surface area contributed by atoms with E-state index in [2.05, 4.69) is 35.1 Å². The Morgan fingerprint density at radius 1 is 1.44 bits per heavy atom. The van der Waals surface area contributed by atoms with Crippen LogP contribution in [0.3, 0.4) is 0 Å². The third-order valence-corrected chi connectivity index (χ3v) is 3.65. The van der Waals surface area contributed by atoms with E-state index in [0.717, 1.165) is 16.6 Å². The van der Waals surface area contributed by atoms with Crippen molar-refractivity contribution in [2.75, 3.05) is 6.54 Å². The molecule has 18 heavy (non-hydrogen) atoms. The second-order valence-electron chi connectivity index (χ2n) is 5.27.